The number of benzene rings is 1. The molecule has 1 N–H and O–H groups in total. The summed E-state index contributed by atoms with van der Waals surface area (Å²) in [7, 11) is 0.990. The number of furan rings is 1. The molecule has 0 unspecified atom stereocenters. The van der Waals surface area contributed by atoms with Gasteiger partial charge in [-0.2, -0.15) is 0 Å². The second-order valence-corrected chi connectivity index (χ2v) is 11.5. The molecule has 1 aromatic carbocycles. The first-order valence-electron chi connectivity index (χ1n) is 7.16. The number of ether oxygens (including phenoxy) is 2. The van der Waals surface area contributed by atoms with Crippen LogP contribution < -0.4 is 13.9 Å². The quantitative estimate of drug-likeness (QED) is 0.837. The Hall–Kier alpha value is -1.82. The van der Waals surface area contributed by atoms with Crippen molar-refractivity contribution in [2.24, 2.45) is 0 Å². The van der Waals surface area contributed by atoms with Gasteiger partial charge in [-0.3, -0.25) is 0 Å². The molecule has 0 saturated heterocycles. The number of methoxy groups -OCH3 is 2. The molecule has 0 amide bonds. The van der Waals surface area contributed by atoms with Crippen LogP contribution in [0.2, 0.25) is 18.1 Å². The number of hydrogen-bond acceptors (Lipinski definition) is 5. The van der Waals surface area contributed by atoms with Crippen LogP contribution in [0.4, 0.5) is 0 Å². The van der Waals surface area contributed by atoms with Crippen LogP contribution in [-0.2, 0) is 0 Å². The molecule has 0 atom stereocenters. The molecular formula is C16H24O5Si. The normalized spacial score (nSPS) is 12.5. The van der Waals surface area contributed by atoms with Gasteiger partial charge in [0.2, 0.25) is 11.5 Å². The summed E-state index contributed by atoms with van der Waals surface area (Å²) in [6.45, 7) is 10.8. The van der Waals surface area contributed by atoms with E-state index in [0.717, 1.165) is 0 Å². The van der Waals surface area contributed by atoms with Gasteiger partial charge in [-0.25, -0.2) is 0 Å². The summed E-state index contributed by atoms with van der Waals surface area (Å²) in [4.78, 5) is 0. The van der Waals surface area contributed by atoms with E-state index in [9.17, 15) is 5.11 Å². The molecule has 5 nitrogen and oxygen atoms in total. The molecule has 1 aromatic heterocycles. The van der Waals surface area contributed by atoms with Crippen LogP contribution >= 0.6 is 0 Å². The highest BCUT2D eigenvalue weighted by molar-refractivity contribution is 6.74. The lowest BCUT2D eigenvalue weighted by Gasteiger charge is -2.36. The van der Waals surface area contributed by atoms with E-state index in [0.29, 0.717) is 22.5 Å². The maximum absolute atomic E-state index is 10.3. The molecule has 0 saturated carbocycles. The monoisotopic (exact) mass is 324 g/mol. The van der Waals surface area contributed by atoms with Crippen LogP contribution in [0.1, 0.15) is 20.8 Å². The zero-order valence-corrected chi connectivity index (χ0v) is 15.2. The fourth-order valence-electron chi connectivity index (χ4n) is 1.94. The summed E-state index contributed by atoms with van der Waals surface area (Å²) < 4.78 is 22.2. The zero-order valence-electron chi connectivity index (χ0n) is 14.2. The summed E-state index contributed by atoms with van der Waals surface area (Å²) in [6, 6.07) is 1.76. The summed E-state index contributed by atoms with van der Waals surface area (Å²) >= 11 is 0. The SMILES string of the molecule is COc1cc2c(O[Si](C)(C)C(C)(C)C)coc2c(O)c1OC. The minimum absolute atomic E-state index is 0.0647. The molecule has 2 aromatic rings. The lowest BCUT2D eigenvalue weighted by molar-refractivity contribution is 0.333. The Bertz CT molecular complexity index is 682. The van der Waals surface area contributed by atoms with Gasteiger partial charge in [-0.15, -0.1) is 0 Å². The molecule has 0 fully saturated rings. The number of hydrogen-bond donors (Lipinski definition) is 1. The van der Waals surface area contributed by atoms with Gasteiger partial charge in [-0.1, -0.05) is 20.8 Å². The van der Waals surface area contributed by atoms with E-state index in [-0.39, 0.29) is 16.5 Å². The van der Waals surface area contributed by atoms with E-state index in [1.165, 1.54) is 20.5 Å². The fraction of sp³-hybridized carbons (Fsp3) is 0.500. The lowest BCUT2D eigenvalue weighted by atomic mass is 10.2. The van der Waals surface area contributed by atoms with Crippen molar-refractivity contribution < 1.29 is 23.4 Å². The van der Waals surface area contributed by atoms with Crippen LogP contribution in [-0.4, -0.2) is 27.6 Å². The Morgan fingerprint density at radius 2 is 1.73 bits per heavy atom. The molecule has 0 aliphatic carbocycles. The molecule has 0 bridgehead atoms. The van der Waals surface area contributed by atoms with Gasteiger partial charge in [-0.05, 0) is 24.2 Å². The lowest BCUT2D eigenvalue weighted by Crippen LogP contribution is -2.43. The molecule has 0 aliphatic heterocycles. The average molecular weight is 324 g/mol. The molecule has 6 heteroatoms. The van der Waals surface area contributed by atoms with E-state index in [4.69, 9.17) is 18.3 Å². The average Bonchev–Trinajstić information content (AvgIpc) is 2.80. The number of phenols is 1. The van der Waals surface area contributed by atoms with Crippen LogP contribution in [0.25, 0.3) is 11.0 Å². The second-order valence-electron chi connectivity index (χ2n) is 6.80. The van der Waals surface area contributed by atoms with E-state index in [1.807, 2.05) is 0 Å². The Morgan fingerprint density at radius 1 is 1.09 bits per heavy atom. The smallest absolute Gasteiger partial charge is 0.250 e. The van der Waals surface area contributed by atoms with E-state index >= 15 is 0 Å². The maximum atomic E-state index is 10.3. The van der Waals surface area contributed by atoms with E-state index in [1.54, 1.807) is 6.07 Å². The Kier molecular flexibility index (Phi) is 4.08. The number of aromatic hydroxyl groups is 1. The number of fused-ring (bicyclic) bond motifs is 1. The molecule has 122 valence electrons. The highest BCUT2D eigenvalue weighted by atomic mass is 28.4. The van der Waals surface area contributed by atoms with E-state index < -0.39 is 8.32 Å². The Balaban J connectivity index is 2.57. The second kappa shape index (κ2) is 5.42. The first-order chi connectivity index (χ1) is 10.1. The van der Waals surface area contributed by atoms with Crippen molar-refractivity contribution in [3.05, 3.63) is 12.3 Å². The standard InChI is InChI=1S/C16H24O5Si/c1-16(2,3)22(6,7)21-12-9-20-14-10(12)8-11(18-4)15(19-5)13(14)17/h8-9,17H,1-7H3. The zero-order chi connectivity index (χ0) is 16.7. The molecule has 22 heavy (non-hydrogen) atoms. The van der Waals surface area contributed by atoms with Crippen molar-refractivity contribution in [3.63, 3.8) is 0 Å². The minimum Gasteiger partial charge on any atom is -0.541 e. The minimum atomic E-state index is -2.01. The van der Waals surface area contributed by atoms with Crippen molar-refractivity contribution in [3.8, 4) is 23.0 Å². The molecule has 1 heterocycles. The van der Waals surface area contributed by atoms with E-state index in [2.05, 4.69) is 33.9 Å². The van der Waals surface area contributed by atoms with Crippen molar-refractivity contribution in [1.29, 1.82) is 0 Å². The van der Waals surface area contributed by atoms with Gasteiger partial charge < -0.3 is 23.4 Å². The molecular weight excluding hydrogens is 300 g/mol. The predicted octanol–water partition coefficient (Wildman–Crippen LogP) is 4.54. The topological polar surface area (TPSA) is 61.1 Å². The number of phenolic OH excluding ortho intramolecular Hbond substituents is 1. The third-order valence-electron chi connectivity index (χ3n) is 4.32. The van der Waals surface area contributed by atoms with Crippen LogP contribution in [0.3, 0.4) is 0 Å². The van der Waals surface area contributed by atoms with Crippen molar-refractivity contribution >= 4 is 19.3 Å². The van der Waals surface area contributed by atoms with Crippen LogP contribution in [0.15, 0.2) is 16.7 Å². The third-order valence-corrected chi connectivity index (χ3v) is 8.66. The third kappa shape index (κ3) is 2.63. The molecule has 0 radical (unpaired) electrons. The first kappa shape index (κ1) is 16.5. The van der Waals surface area contributed by atoms with Gasteiger partial charge in [0.05, 0.1) is 19.6 Å². The van der Waals surface area contributed by atoms with Crippen LogP contribution in [0.5, 0.6) is 23.0 Å². The largest absolute Gasteiger partial charge is 0.541 e. The predicted molar refractivity (Wildman–Crippen MR) is 88.8 cm³/mol. The highest BCUT2D eigenvalue weighted by Crippen LogP contribution is 2.47. The summed E-state index contributed by atoms with van der Waals surface area (Å²) in [5.74, 6) is 1.23. The number of rotatable bonds is 4. The van der Waals surface area contributed by atoms with Gasteiger partial charge in [0.25, 0.3) is 8.32 Å². The van der Waals surface area contributed by atoms with Crippen LogP contribution in [0, 0.1) is 0 Å². The Morgan fingerprint density at radius 3 is 2.23 bits per heavy atom. The molecule has 2 rings (SSSR count). The highest BCUT2D eigenvalue weighted by Gasteiger charge is 2.39. The molecule has 0 spiro atoms. The van der Waals surface area contributed by atoms with Gasteiger partial charge in [0.15, 0.2) is 17.1 Å². The summed E-state index contributed by atoms with van der Waals surface area (Å²) in [5.41, 5.74) is 0.339. The summed E-state index contributed by atoms with van der Waals surface area (Å²) in [5, 5.41) is 11.0. The van der Waals surface area contributed by atoms with Gasteiger partial charge in [0.1, 0.15) is 6.26 Å². The van der Waals surface area contributed by atoms with Gasteiger partial charge in [0, 0.05) is 0 Å². The van der Waals surface area contributed by atoms with Crippen molar-refractivity contribution in [2.45, 2.75) is 38.9 Å². The van der Waals surface area contributed by atoms with Gasteiger partial charge >= 0.3 is 0 Å². The fourth-order valence-corrected chi connectivity index (χ4v) is 2.96. The Labute approximate surface area is 131 Å². The maximum Gasteiger partial charge on any atom is 0.250 e. The van der Waals surface area contributed by atoms with Crippen molar-refractivity contribution in [2.75, 3.05) is 14.2 Å². The summed E-state index contributed by atoms with van der Waals surface area (Å²) in [6.07, 6.45) is 1.53. The first-order valence-corrected chi connectivity index (χ1v) is 10.1. The molecule has 0 aliphatic rings. The van der Waals surface area contributed by atoms with Crippen molar-refractivity contribution in [1.82, 2.24) is 0 Å².